The lowest BCUT2D eigenvalue weighted by atomic mass is 9.74. The Balaban J connectivity index is 2.38. The summed E-state index contributed by atoms with van der Waals surface area (Å²) in [5.41, 5.74) is 5.61. The van der Waals surface area contributed by atoms with Crippen molar-refractivity contribution in [3.05, 3.63) is 0 Å². The minimum atomic E-state index is 0.0143. The molecule has 1 amide bonds. The van der Waals surface area contributed by atoms with Gasteiger partial charge in [0, 0.05) is 25.7 Å². The molecule has 3 N–H and O–H groups in total. The van der Waals surface area contributed by atoms with Crippen LogP contribution in [0.4, 0.5) is 0 Å². The first-order valence-corrected chi connectivity index (χ1v) is 7.03. The Morgan fingerprint density at radius 3 is 2.61 bits per heavy atom. The zero-order valence-corrected chi connectivity index (χ0v) is 12.0. The molecular formula is C14H28N2O2. The lowest BCUT2D eigenvalue weighted by Gasteiger charge is -2.37. The van der Waals surface area contributed by atoms with Crippen LogP contribution < -0.4 is 11.1 Å². The quantitative estimate of drug-likeness (QED) is 0.757. The van der Waals surface area contributed by atoms with Crippen LogP contribution in [-0.2, 0) is 9.53 Å². The number of amides is 1. The van der Waals surface area contributed by atoms with Gasteiger partial charge in [-0.1, -0.05) is 20.8 Å². The average molecular weight is 256 g/mol. The molecule has 1 fully saturated rings. The van der Waals surface area contributed by atoms with Crippen molar-refractivity contribution in [3.63, 3.8) is 0 Å². The highest BCUT2D eigenvalue weighted by atomic mass is 16.5. The Morgan fingerprint density at radius 1 is 1.44 bits per heavy atom. The molecule has 106 valence electrons. The first-order valence-electron chi connectivity index (χ1n) is 7.03. The van der Waals surface area contributed by atoms with E-state index in [-0.39, 0.29) is 17.2 Å². The Hall–Kier alpha value is -0.610. The molecule has 4 nitrogen and oxygen atoms in total. The van der Waals surface area contributed by atoms with Gasteiger partial charge in [-0.2, -0.15) is 0 Å². The first-order chi connectivity index (χ1) is 8.47. The molecule has 0 aromatic heterocycles. The summed E-state index contributed by atoms with van der Waals surface area (Å²) in [7, 11) is 0. The topological polar surface area (TPSA) is 64.4 Å². The molecular weight excluding hydrogens is 228 g/mol. The number of carbonyl (C=O) groups is 1. The van der Waals surface area contributed by atoms with Gasteiger partial charge in [-0.3, -0.25) is 4.79 Å². The first kappa shape index (κ1) is 15.4. The molecule has 1 atom stereocenters. The van der Waals surface area contributed by atoms with E-state index in [1.54, 1.807) is 0 Å². The molecule has 0 saturated carbocycles. The maximum atomic E-state index is 11.9. The highest BCUT2D eigenvalue weighted by molar-refractivity contribution is 5.78. The number of nitrogens with one attached hydrogen (secondary N) is 1. The predicted octanol–water partition coefficient (Wildman–Crippen LogP) is 1.54. The smallest absolute Gasteiger partial charge is 0.222 e. The van der Waals surface area contributed by atoms with Gasteiger partial charge in [-0.15, -0.1) is 0 Å². The van der Waals surface area contributed by atoms with Gasteiger partial charge in [-0.25, -0.2) is 0 Å². The lowest BCUT2D eigenvalue weighted by molar-refractivity contribution is -0.125. The van der Waals surface area contributed by atoms with Crippen molar-refractivity contribution in [2.75, 3.05) is 26.3 Å². The van der Waals surface area contributed by atoms with E-state index in [2.05, 4.69) is 19.2 Å². The normalized spacial score (nSPS) is 19.6. The van der Waals surface area contributed by atoms with Crippen LogP contribution in [-0.4, -0.2) is 32.2 Å². The largest absolute Gasteiger partial charge is 0.381 e. The summed E-state index contributed by atoms with van der Waals surface area (Å²) in [6.07, 6.45) is 2.95. The minimum Gasteiger partial charge on any atom is -0.381 e. The van der Waals surface area contributed by atoms with E-state index in [1.165, 1.54) is 0 Å². The fourth-order valence-corrected chi connectivity index (χ4v) is 2.49. The average Bonchev–Trinajstić information content (AvgIpc) is 2.37. The summed E-state index contributed by atoms with van der Waals surface area (Å²) in [6.45, 7) is 9.41. The Morgan fingerprint density at radius 2 is 2.06 bits per heavy atom. The summed E-state index contributed by atoms with van der Waals surface area (Å²) in [5.74, 6) is 0.775. The number of carbonyl (C=O) groups excluding carboxylic acids is 1. The highest BCUT2D eigenvalue weighted by Gasteiger charge is 2.31. The zero-order chi connectivity index (χ0) is 13.6. The van der Waals surface area contributed by atoms with E-state index in [0.717, 1.165) is 39.0 Å². The molecule has 18 heavy (non-hydrogen) atoms. The fraction of sp³-hybridized carbons (Fsp3) is 0.929. The third-order valence-corrected chi connectivity index (χ3v) is 4.09. The van der Waals surface area contributed by atoms with E-state index in [1.807, 2.05) is 6.92 Å². The summed E-state index contributed by atoms with van der Waals surface area (Å²) in [5, 5.41) is 3.07. The maximum absolute atomic E-state index is 11.9. The predicted molar refractivity (Wildman–Crippen MR) is 73.2 cm³/mol. The zero-order valence-electron chi connectivity index (χ0n) is 12.0. The molecule has 1 aliphatic rings. The number of ether oxygens (including phenoxy) is 1. The molecule has 1 saturated heterocycles. The van der Waals surface area contributed by atoms with E-state index >= 15 is 0 Å². The molecule has 1 aliphatic heterocycles. The molecule has 0 aromatic rings. The van der Waals surface area contributed by atoms with E-state index < -0.39 is 0 Å². The fourth-order valence-electron chi connectivity index (χ4n) is 2.49. The van der Waals surface area contributed by atoms with Crippen LogP contribution in [0.1, 0.15) is 40.0 Å². The molecule has 4 heteroatoms. The number of hydrogen-bond acceptors (Lipinski definition) is 3. The second-order valence-corrected chi connectivity index (χ2v) is 6.07. The molecule has 1 rings (SSSR count). The minimum absolute atomic E-state index is 0.0143. The van der Waals surface area contributed by atoms with Crippen molar-refractivity contribution in [2.45, 2.75) is 40.0 Å². The molecule has 1 unspecified atom stereocenters. The summed E-state index contributed by atoms with van der Waals surface area (Å²) < 4.78 is 5.39. The Kier molecular flexibility index (Phi) is 6.09. The van der Waals surface area contributed by atoms with Gasteiger partial charge in [0.2, 0.25) is 5.91 Å². The monoisotopic (exact) mass is 256 g/mol. The SMILES string of the molecule is CC(CCN)C(=O)NCC(C)(C)C1CCOCC1. The third-order valence-electron chi connectivity index (χ3n) is 4.09. The number of rotatable bonds is 6. The molecule has 0 aromatic carbocycles. The molecule has 0 aliphatic carbocycles. The van der Waals surface area contributed by atoms with Gasteiger partial charge in [-0.05, 0) is 37.1 Å². The second kappa shape index (κ2) is 7.10. The Bertz CT molecular complexity index is 261. The van der Waals surface area contributed by atoms with Crippen LogP contribution in [0.2, 0.25) is 0 Å². The van der Waals surface area contributed by atoms with Crippen LogP contribution in [0, 0.1) is 17.3 Å². The molecule has 0 spiro atoms. The molecule has 0 radical (unpaired) electrons. The van der Waals surface area contributed by atoms with Crippen LogP contribution in [0.3, 0.4) is 0 Å². The van der Waals surface area contributed by atoms with Gasteiger partial charge in [0.25, 0.3) is 0 Å². The molecule has 1 heterocycles. The van der Waals surface area contributed by atoms with E-state index in [0.29, 0.717) is 12.5 Å². The van der Waals surface area contributed by atoms with Crippen LogP contribution in [0.5, 0.6) is 0 Å². The maximum Gasteiger partial charge on any atom is 0.222 e. The van der Waals surface area contributed by atoms with Gasteiger partial charge >= 0.3 is 0 Å². The van der Waals surface area contributed by atoms with Crippen molar-refractivity contribution in [1.82, 2.24) is 5.32 Å². The summed E-state index contributed by atoms with van der Waals surface area (Å²) in [4.78, 5) is 11.9. The van der Waals surface area contributed by atoms with Gasteiger partial charge in [0.05, 0.1) is 0 Å². The van der Waals surface area contributed by atoms with Crippen LogP contribution in [0.25, 0.3) is 0 Å². The van der Waals surface area contributed by atoms with Crippen LogP contribution in [0.15, 0.2) is 0 Å². The molecule has 0 bridgehead atoms. The second-order valence-electron chi connectivity index (χ2n) is 6.07. The summed E-state index contributed by atoms with van der Waals surface area (Å²) >= 11 is 0. The van der Waals surface area contributed by atoms with Crippen molar-refractivity contribution < 1.29 is 9.53 Å². The van der Waals surface area contributed by atoms with Crippen LogP contribution >= 0.6 is 0 Å². The van der Waals surface area contributed by atoms with Crippen molar-refractivity contribution in [2.24, 2.45) is 23.0 Å². The third kappa shape index (κ3) is 4.58. The summed E-state index contributed by atoms with van der Waals surface area (Å²) in [6, 6.07) is 0. The van der Waals surface area contributed by atoms with Gasteiger partial charge in [0.15, 0.2) is 0 Å². The van der Waals surface area contributed by atoms with Gasteiger partial charge < -0.3 is 15.8 Å². The Labute approximate surface area is 111 Å². The number of nitrogens with two attached hydrogens (primary N) is 1. The number of hydrogen-bond donors (Lipinski definition) is 2. The lowest BCUT2D eigenvalue weighted by Crippen LogP contribution is -2.42. The van der Waals surface area contributed by atoms with Gasteiger partial charge in [0.1, 0.15) is 0 Å². The van der Waals surface area contributed by atoms with Crippen molar-refractivity contribution in [1.29, 1.82) is 0 Å². The van der Waals surface area contributed by atoms with Crippen molar-refractivity contribution in [3.8, 4) is 0 Å². The highest BCUT2D eigenvalue weighted by Crippen LogP contribution is 2.33. The van der Waals surface area contributed by atoms with E-state index in [9.17, 15) is 4.79 Å². The van der Waals surface area contributed by atoms with Crippen molar-refractivity contribution >= 4 is 5.91 Å². The van der Waals surface area contributed by atoms with E-state index in [4.69, 9.17) is 10.5 Å². The standard InChI is InChI=1S/C14H28N2O2/c1-11(4-7-15)13(17)16-10-14(2,3)12-5-8-18-9-6-12/h11-12H,4-10,15H2,1-3H3,(H,16,17).